The minimum absolute atomic E-state index is 0.0119. The Morgan fingerprint density at radius 1 is 1.15 bits per heavy atom. The Balaban J connectivity index is 1.42. The molecule has 2 aromatic rings. The van der Waals surface area contributed by atoms with Gasteiger partial charge in [0.05, 0.1) is 17.6 Å². The Morgan fingerprint density at radius 3 is 2.77 bits per heavy atom. The summed E-state index contributed by atoms with van der Waals surface area (Å²) in [7, 11) is 2.07. The second-order valence-corrected chi connectivity index (χ2v) is 6.74. The molecule has 2 aliphatic rings. The first-order chi connectivity index (χ1) is 12.7. The molecule has 2 aliphatic heterocycles. The Labute approximate surface area is 152 Å². The van der Waals surface area contributed by atoms with Crippen molar-refractivity contribution in [3.63, 3.8) is 0 Å². The van der Waals surface area contributed by atoms with E-state index in [1.165, 1.54) is 0 Å². The first kappa shape index (κ1) is 16.9. The second-order valence-electron chi connectivity index (χ2n) is 6.74. The molecule has 4 heterocycles. The van der Waals surface area contributed by atoms with E-state index in [0.29, 0.717) is 11.6 Å². The van der Waals surface area contributed by atoms with Gasteiger partial charge in [-0.25, -0.2) is 15.0 Å². The number of likely N-dealkylation sites (N-methyl/N-ethyl adjacent to an activating group) is 1. The van der Waals surface area contributed by atoms with Crippen molar-refractivity contribution in [2.75, 3.05) is 45.1 Å². The van der Waals surface area contributed by atoms with Crippen LogP contribution in [0.2, 0.25) is 0 Å². The quantitative estimate of drug-likeness (QED) is 0.838. The molecule has 0 bridgehead atoms. The highest BCUT2D eigenvalue weighted by atomic mass is 16.2. The van der Waals surface area contributed by atoms with Crippen LogP contribution < -0.4 is 10.6 Å². The topological polar surface area (TPSA) is 86.3 Å². The van der Waals surface area contributed by atoms with Crippen LogP contribution in [-0.2, 0) is 13.0 Å². The average molecular weight is 353 g/mol. The van der Waals surface area contributed by atoms with Crippen molar-refractivity contribution in [2.45, 2.75) is 13.0 Å². The fourth-order valence-electron chi connectivity index (χ4n) is 3.19. The lowest BCUT2D eigenvalue weighted by Crippen LogP contribution is -2.47. The molecule has 0 atom stereocenters. The third-order valence-corrected chi connectivity index (χ3v) is 4.84. The molecule has 136 valence electrons. The molecule has 0 aliphatic carbocycles. The van der Waals surface area contributed by atoms with E-state index in [4.69, 9.17) is 0 Å². The van der Waals surface area contributed by atoms with Crippen molar-refractivity contribution in [3.05, 3.63) is 41.5 Å². The Kier molecular flexibility index (Phi) is 4.77. The van der Waals surface area contributed by atoms with E-state index in [-0.39, 0.29) is 5.91 Å². The summed E-state index contributed by atoms with van der Waals surface area (Å²) in [6, 6.07) is 3.60. The zero-order valence-corrected chi connectivity index (χ0v) is 14.9. The van der Waals surface area contributed by atoms with E-state index in [9.17, 15) is 4.79 Å². The zero-order chi connectivity index (χ0) is 17.9. The predicted molar refractivity (Wildman–Crippen MR) is 98.4 cm³/mol. The van der Waals surface area contributed by atoms with E-state index in [0.717, 1.165) is 62.6 Å². The van der Waals surface area contributed by atoms with Crippen molar-refractivity contribution in [1.29, 1.82) is 0 Å². The van der Waals surface area contributed by atoms with Crippen LogP contribution in [0.5, 0.6) is 0 Å². The van der Waals surface area contributed by atoms with Gasteiger partial charge in [-0.3, -0.25) is 4.79 Å². The number of carbonyl (C=O) groups is 1. The largest absolute Gasteiger partial charge is 0.335 e. The third kappa shape index (κ3) is 3.66. The van der Waals surface area contributed by atoms with Gasteiger partial charge in [-0.15, -0.1) is 0 Å². The summed E-state index contributed by atoms with van der Waals surface area (Å²) in [5.74, 6) is 0.549. The predicted octanol–water partition coefficient (Wildman–Crippen LogP) is 0.648. The molecule has 0 radical (unpaired) electrons. The molecule has 8 heteroatoms. The van der Waals surface area contributed by atoms with Crippen LogP contribution >= 0.6 is 0 Å². The van der Waals surface area contributed by atoms with E-state index < -0.39 is 0 Å². The molecule has 26 heavy (non-hydrogen) atoms. The Hall–Kier alpha value is -2.58. The van der Waals surface area contributed by atoms with Crippen molar-refractivity contribution >= 4 is 17.5 Å². The fourth-order valence-corrected chi connectivity index (χ4v) is 3.19. The Morgan fingerprint density at radius 2 is 2.00 bits per heavy atom. The van der Waals surface area contributed by atoms with E-state index in [1.807, 2.05) is 17.2 Å². The monoisotopic (exact) mass is 353 g/mol. The molecule has 2 aromatic heterocycles. The lowest BCUT2D eigenvalue weighted by atomic mass is 10.1. The van der Waals surface area contributed by atoms with Gasteiger partial charge >= 0.3 is 0 Å². The summed E-state index contributed by atoms with van der Waals surface area (Å²) in [4.78, 5) is 29.9. The number of fused-ring (bicyclic) bond motifs is 1. The van der Waals surface area contributed by atoms with Crippen LogP contribution in [-0.4, -0.2) is 70.4 Å². The zero-order valence-electron chi connectivity index (χ0n) is 14.9. The summed E-state index contributed by atoms with van der Waals surface area (Å²) in [6.07, 6.45) is 4.42. The molecule has 1 fully saturated rings. The van der Waals surface area contributed by atoms with Gasteiger partial charge in [0.1, 0.15) is 5.69 Å². The number of rotatable bonds is 3. The van der Waals surface area contributed by atoms with Crippen LogP contribution in [0.1, 0.15) is 21.7 Å². The summed E-state index contributed by atoms with van der Waals surface area (Å²) in [6.45, 7) is 5.05. The number of hydrogen-bond acceptors (Lipinski definition) is 7. The molecular weight excluding hydrogens is 330 g/mol. The lowest BCUT2D eigenvalue weighted by molar-refractivity contribution is 0.0658. The van der Waals surface area contributed by atoms with Crippen LogP contribution in [0.4, 0.5) is 11.6 Å². The van der Waals surface area contributed by atoms with Crippen molar-refractivity contribution in [2.24, 2.45) is 0 Å². The second kappa shape index (κ2) is 7.35. The first-order valence-corrected chi connectivity index (χ1v) is 8.95. The maximum absolute atomic E-state index is 12.5. The highest BCUT2D eigenvalue weighted by Crippen LogP contribution is 2.16. The molecule has 0 aromatic carbocycles. The standard InChI is InChI=1S/C18H23N7O/c1-24-6-8-25(9-7-24)17(26)16-3-2-14(12-20-16)22-18-21-11-13-10-19-5-4-15(13)23-18/h2-3,11-12,19H,4-10H2,1H3,(H,21,22,23). The van der Waals surface area contributed by atoms with Crippen molar-refractivity contribution < 1.29 is 4.79 Å². The number of hydrogen-bond donors (Lipinski definition) is 2. The van der Waals surface area contributed by atoms with Gasteiger partial charge in [-0.1, -0.05) is 0 Å². The first-order valence-electron chi connectivity index (χ1n) is 8.95. The van der Waals surface area contributed by atoms with E-state index in [1.54, 1.807) is 12.3 Å². The molecule has 8 nitrogen and oxygen atoms in total. The summed E-state index contributed by atoms with van der Waals surface area (Å²) < 4.78 is 0. The summed E-state index contributed by atoms with van der Waals surface area (Å²) >= 11 is 0. The molecular formula is C18H23N7O. The SMILES string of the molecule is CN1CCN(C(=O)c2ccc(Nc3ncc4c(n3)CCNC4)cn2)CC1. The number of amides is 1. The number of piperazine rings is 1. The highest BCUT2D eigenvalue weighted by molar-refractivity contribution is 5.92. The van der Waals surface area contributed by atoms with Gasteiger partial charge < -0.3 is 20.4 Å². The van der Waals surface area contributed by atoms with Gasteiger partial charge in [-0.2, -0.15) is 0 Å². The molecule has 4 rings (SSSR count). The number of pyridine rings is 1. The molecule has 1 amide bonds. The average Bonchev–Trinajstić information content (AvgIpc) is 2.68. The van der Waals surface area contributed by atoms with Gasteiger partial charge in [0.15, 0.2) is 0 Å². The minimum atomic E-state index is -0.0119. The van der Waals surface area contributed by atoms with Gasteiger partial charge in [0, 0.05) is 57.4 Å². The molecule has 1 saturated heterocycles. The fraction of sp³-hybridized carbons (Fsp3) is 0.444. The van der Waals surface area contributed by atoms with E-state index >= 15 is 0 Å². The number of anilines is 2. The summed E-state index contributed by atoms with van der Waals surface area (Å²) in [5.41, 5.74) is 3.47. The maximum Gasteiger partial charge on any atom is 0.272 e. The molecule has 0 unspecified atom stereocenters. The number of nitrogens with one attached hydrogen (secondary N) is 2. The van der Waals surface area contributed by atoms with Crippen LogP contribution in [0.25, 0.3) is 0 Å². The van der Waals surface area contributed by atoms with Crippen LogP contribution in [0, 0.1) is 0 Å². The molecule has 0 spiro atoms. The van der Waals surface area contributed by atoms with Crippen molar-refractivity contribution in [1.82, 2.24) is 30.1 Å². The number of nitrogens with zero attached hydrogens (tertiary/aromatic N) is 5. The number of carbonyl (C=O) groups excluding carboxylic acids is 1. The normalized spacial score (nSPS) is 17.7. The van der Waals surface area contributed by atoms with Gasteiger partial charge in [0.25, 0.3) is 5.91 Å². The minimum Gasteiger partial charge on any atom is -0.335 e. The third-order valence-electron chi connectivity index (χ3n) is 4.84. The highest BCUT2D eigenvalue weighted by Gasteiger charge is 2.21. The maximum atomic E-state index is 12.5. The van der Waals surface area contributed by atoms with Gasteiger partial charge in [0.2, 0.25) is 5.95 Å². The van der Waals surface area contributed by atoms with Gasteiger partial charge in [-0.05, 0) is 19.2 Å². The number of aromatic nitrogens is 3. The molecule has 2 N–H and O–H groups in total. The van der Waals surface area contributed by atoms with Crippen LogP contribution in [0.3, 0.4) is 0 Å². The molecule has 0 saturated carbocycles. The van der Waals surface area contributed by atoms with E-state index in [2.05, 4.69) is 37.5 Å². The van der Waals surface area contributed by atoms with Crippen LogP contribution in [0.15, 0.2) is 24.5 Å². The summed E-state index contributed by atoms with van der Waals surface area (Å²) in [5, 5.41) is 6.48. The van der Waals surface area contributed by atoms with Crippen molar-refractivity contribution in [3.8, 4) is 0 Å². The Bertz CT molecular complexity index is 785. The smallest absolute Gasteiger partial charge is 0.272 e. The lowest BCUT2D eigenvalue weighted by Gasteiger charge is -2.32.